The number of sulfone groups is 1. The fourth-order valence-electron chi connectivity index (χ4n) is 4.29. The fourth-order valence-corrected chi connectivity index (χ4v) is 5.42. The number of hydrogen-bond donors (Lipinski definition) is 3. The van der Waals surface area contributed by atoms with Crippen molar-refractivity contribution in [3.05, 3.63) is 0 Å². The number of piperidine rings is 1. The quantitative estimate of drug-likeness (QED) is 0.688. The van der Waals surface area contributed by atoms with Crippen LogP contribution in [0.4, 0.5) is 0 Å². The second kappa shape index (κ2) is 7.78. The molecule has 0 aromatic heterocycles. The first-order valence-corrected chi connectivity index (χ1v) is 11.0. The zero-order valence-electron chi connectivity index (χ0n) is 14.1. The second-order valence-electron chi connectivity index (χ2n) is 7.45. The maximum Gasteiger partial charge on any atom is 0.150 e. The maximum atomic E-state index is 11.7. The molecule has 3 rings (SSSR count). The SMILES string of the molecule is CS(=O)(=O)C1CCC(C2CCCC(NCC3CCNO3)N2)CC1. The first-order chi connectivity index (χ1) is 11.0. The average molecular weight is 346 g/mol. The molecule has 0 amide bonds. The van der Waals surface area contributed by atoms with E-state index in [1.165, 1.54) is 19.1 Å². The molecule has 2 heterocycles. The van der Waals surface area contributed by atoms with E-state index in [1.54, 1.807) is 0 Å². The molecule has 0 bridgehead atoms. The van der Waals surface area contributed by atoms with Gasteiger partial charge in [-0.15, -0.1) is 0 Å². The van der Waals surface area contributed by atoms with Crippen molar-refractivity contribution in [1.82, 2.24) is 16.1 Å². The van der Waals surface area contributed by atoms with Crippen molar-refractivity contribution in [3.8, 4) is 0 Å². The molecule has 2 saturated heterocycles. The van der Waals surface area contributed by atoms with Gasteiger partial charge in [-0.25, -0.2) is 13.9 Å². The van der Waals surface area contributed by atoms with Gasteiger partial charge in [0.25, 0.3) is 0 Å². The van der Waals surface area contributed by atoms with E-state index in [0.717, 1.165) is 51.6 Å². The van der Waals surface area contributed by atoms with Gasteiger partial charge in [0.15, 0.2) is 0 Å². The first-order valence-electron chi connectivity index (χ1n) is 9.09. The summed E-state index contributed by atoms with van der Waals surface area (Å²) in [6.07, 6.45) is 10.5. The van der Waals surface area contributed by atoms with Gasteiger partial charge in [0.05, 0.1) is 17.5 Å². The van der Waals surface area contributed by atoms with Gasteiger partial charge < -0.3 is 0 Å². The third-order valence-electron chi connectivity index (χ3n) is 5.73. The van der Waals surface area contributed by atoms with Crippen LogP contribution in [0.25, 0.3) is 0 Å². The predicted molar refractivity (Wildman–Crippen MR) is 90.6 cm³/mol. The highest BCUT2D eigenvalue weighted by molar-refractivity contribution is 7.91. The van der Waals surface area contributed by atoms with Crippen molar-refractivity contribution >= 4 is 9.84 Å². The van der Waals surface area contributed by atoms with Crippen LogP contribution in [0.15, 0.2) is 0 Å². The van der Waals surface area contributed by atoms with E-state index >= 15 is 0 Å². The van der Waals surface area contributed by atoms with E-state index in [9.17, 15) is 8.42 Å². The Bertz CT molecular complexity index is 471. The smallest absolute Gasteiger partial charge is 0.150 e. The summed E-state index contributed by atoms with van der Waals surface area (Å²) < 4.78 is 23.4. The monoisotopic (exact) mass is 345 g/mol. The molecular formula is C16H31N3O3S. The number of rotatable bonds is 5. The van der Waals surface area contributed by atoms with E-state index in [0.29, 0.717) is 18.1 Å². The summed E-state index contributed by atoms with van der Waals surface area (Å²) in [5.41, 5.74) is 2.93. The second-order valence-corrected chi connectivity index (χ2v) is 9.78. The molecule has 0 aromatic rings. The highest BCUT2D eigenvalue weighted by atomic mass is 32.2. The van der Waals surface area contributed by atoms with Crippen LogP contribution in [0.5, 0.6) is 0 Å². The lowest BCUT2D eigenvalue weighted by Gasteiger charge is -2.39. The topological polar surface area (TPSA) is 79.5 Å². The van der Waals surface area contributed by atoms with E-state index in [2.05, 4.69) is 16.1 Å². The van der Waals surface area contributed by atoms with Crippen molar-refractivity contribution in [2.75, 3.05) is 19.3 Å². The van der Waals surface area contributed by atoms with Gasteiger partial charge in [-0.05, 0) is 57.3 Å². The molecule has 3 atom stereocenters. The zero-order valence-corrected chi connectivity index (χ0v) is 14.9. The van der Waals surface area contributed by atoms with Gasteiger partial charge in [0, 0.05) is 25.4 Å². The molecule has 0 radical (unpaired) electrons. The predicted octanol–water partition coefficient (Wildman–Crippen LogP) is 0.941. The van der Waals surface area contributed by atoms with Crippen LogP contribution in [-0.2, 0) is 14.7 Å². The van der Waals surface area contributed by atoms with Gasteiger partial charge in [-0.1, -0.05) is 0 Å². The first kappa shape index (κ1) is 17.6. The minimum atomic E-state index is -2.86. The van der Waals surface area contributed by atoms with Crippen LogP contribution >= 0.6 is 0 Å². The Hall–Kier alpha value is -0.210. The molecule has 1 aliphatic carbocycles. The van der Waals surface area contributed by atoms with Crippen LogP contribution < -0.4 is 16.1 Å². The Morgan fingerprint density at radius 2 is 1.87 bits per heavy atom. The van der Waals surface area contributed by atoms with E-state index in [-0.39, 0.29) is 11.4 Å². The summed E-state index contributed by atoms with van der Waals surface area (Å²) in [6.45, 7) is 1.83. The van der Waals surface area contributed by atoms with Crippen LogP contribution in [0, 0.1) is 5.92 Å². The lowest BCUT2D eigenvalue weighted by molar-refractivity contribution is 0.0309. The van der Waals surface area contributed by atoms with Gasteiger partial charge in [0.1, 0.15) is 9.84 Å². The van der Waals surface area contributed by atoms with Crippen LogP contribution in [0.3, 0.4) is 0 Å². The summed E-state index contributed by atoms with van der Waals surface area (Å²) in [7, 11) is -2.86. The number of hydrogen-bond acceptors (Lipinski definition) is 6. The average Bonchev–Trinajstić information content (AvgIpc) is 3.06. The van der Waals surface area contributed by atoms with Crippen molar-refractivity contribution in [2.24, 2.45) is 5.92 Å². The lowest BCUT2D eigenvalue weighted by Crippen LogP contribution is -2.54. The molecule has 23 heavy (non-hydrogen) atoms. The molecule has 2 aliphatic heterocycles. The molecule has 0 spiro atoms. The number of nitrogens with one attached hydrogen (secondary N) is 3. The van der Waals surface area contributed by atoms with Gasteiger partial charge in [-0.2, -0.15) is 0 Å². The van der Waals surface area contributed by atoms with Crippen LogP contribution in [-0.4, -0.2) is 51.3 Å². The summed E-state index contributed by atoms with van der Waals surface area (Å²) in [5.74, 6) is 0.627. The minimum Gasteiger partial charge on any atom is -0.299 e. The lowest BCUT2D eigenvalue weighted by atomic mass is 9.80. The Labute approximate surface area is 140 Å². The number of hydroxylamine groups is 1. The molecular weight excluding hydrogens is 314 g/mol. The molecule has 3 unspecified atom stereocenters. The molecule has 1 saturated carbocycles. The Kier molecular flexibility index (Phi) is 5.96. The van der Waals surface area contributed by atoms with Gasteiger partial charge in [-0.3, -0.25) is 15.5 Å². The standard InChI is InChI=1S/C16H31N3O3S/c1-23(20,21)14-7-5-12(6-8-14)15-3-2-4-16(19-15)17-11-13-9-10-18-22-13/h12-19H,2-11H2,1H3. The van der Waals surface area contributed by atoms with Crippen LogP contribution in [0.1, 0.15) is 51.4 Å². The molecule has 7 heteroatoms. The van der Waals surface area contributed by atoms with Gasteiger partial charge in [0.2, 0.25) is 0 Å². The summed E-state index contributed by atoms with van der Waals surface area (Å²) in [4.78, 5) is 5.43. The maximum absolute atomic E-state index is 11.7. The van der Waals surface area contributed by atoms with Crippen molar-refractivity contribution in [2.45, 2.75) is 74.9 Å². The van der Waals surface area contributed by atoms with Crippen molar-refractivity contribution in [1.29, 1.82) is 0 Å². The van der Waals surface area contributed by atoms with Gasteiger partial charge >= 0.3 is 0 Å². The minimum absolute atomic E-state index is 0.108. The Morgan fingerprint density at radius 3 is 2.52 bits per heavy atom. The largest absolute Gasteiger partial charge is 0.299 e. The molecule has 6 nitrogen and oxygen atoms in total. The molecule has 134 valence electrons. The molecule has 3 N–H and O–H groups in total. The van der Waals surface area contributed by atoms with Crippen LogP contribution in [0.2, 0.25) is 0 Å². The van der Waals surface area contributed by atoms with E-state index in [4.69, 9.17) is 4.84 Å². The third-order valence-corrected chi connectivity index (χ3v) is 7.41. The third kappa shape index (κ3) is 4.89. The molecule has 0 aromatic carbocycles. The van der Waals surface area contributed by atoms with E-state index < -0.39 is 9.84 Å². The normalized spacial score (nSPS) is 39.4. The van der Waals surface area contributed by atoms with Crippen molar-refractivity contribution in [3.63, 3.8) is 0 Å². The highest BCUT2D eigenvalue weighted by Crippen LogP contribution is 2.33. The zero-order chi connectivity index (χ0) is 16.3. The molecule has 3 aliphatic rings. The highest BCUT2D eigenvalue weighted by Gasteiger charge is 2.34. The molecule has 3 fully saturated rings. The summed E-state index contributed by atoms with van der Waals surface area (Å²) >= 11 is 0. The summed E-state index contributed by atoms with van der Waals surface area (Å²) in [6, 6.07) is 0.532. The van der Waals surface area contributed by atoms with Crippen molar-refractivity contribution < 1.29 is 13.3 Å². The van der Waals surface area contributed by atoms with E-state index in [1.807, 2.05) is 0 Å². The summed E-state index contributed by atoms with van der Waals surface area (Å²) in [5, 5.41) is 7.25. The fraction of sp³-hybridized carbons (Fsp3) is 1.00. The Morgan fingerprint density at radius 1 is 1.09 bits per heavy atom. The Balaban J connectivity index is 1.43.